The van der Waals surface area contributed by atoms with Crippen molar-refractivity contribution in [1.29, 1.82) is 0 Å². The van der Waals surface area contributed by atoms with Crippen LogP contribution in [0.25, 0.3) is 15.5 Å². The molecule has 2 heterocycles. The van der Waals surface area contributed by atoms with Gasteiger partial charge in [-0.2, -0.15) is 9.61 Å². The largest absolute Gasteiger partial charge is 0.496 e. The zero-order valence-corrected chi connectivity index (χ0v) is 16.0. The van der Waals surface area contributed by atoms with Gasteiger partial charge in [-0.3, -0.25) is 4.79 Å². The van der Waals surface area contributed by atoms with Crippen molar-refractivity contribution in [3.63, 3.8) is 0 Å². The van der Waals surface area contributed by atoms with Crippen LogP contribution in [0.1, 0.15) is 16.2 Å². The van der Waals surface area contributed by atoms with E-state index in [1.54, 1.807) is 22.7 Å². The molecule has 0 aliphatic rings. The molecule has 1 amide bonds. The molecule has 7 nitrogen and oxygen atoms in total. The monoisotopic (exact) mass is 399 g/mol. The zero-order chi connectivity index (χ0) is 19.0. The van der Waals surface area contributed by atoms with E-state index in [-0.39, 0.29) is 5.91 Å². The molecule has 9 heteroatoms. The van der Waals surface area contributed by atoms with Gasteiger partial charge in [0.25, 0.3) is 5.91 Å². The third kappa shape index (κ3) is 3.36. The third-order valence-electron chi connectivity index (χ3n) is 3.94. The number of nitrogens with zero attached hydrogens (tertiary/aromatic N) is 4. The van der Waals surface area contributed by atoms with Crippen molar-refractivity contribution in [2.45, 2.75) is 6.92 Å². The number of hydrogen-bond acceptors (Lipinski definition) is 6. The molecule has 0 saturated carbocycles. The third-order valence-corrected chi connectivity index (χ3v) is 5.13. The van der Waals surface area contributed by atoms with E-state index in [1.165, 1.54) is 18.4 Å². The molecule has 4 rings (SSSR count). The number of benzene rings is 2. The quantitative estimate of drug-likeness (QED) is 0.559. The number of nitrogens with one attached hydrogen (secondary N) is 1. The fourth-order valence-electron chi connectivity index (χ4n) is 2.58. The number of rotatable bonds is 4. The number of hydrogen-bond donors (Lipinski definition) is 1. The van der Waals surface area contributed by atoms with Gasteiger partial charge in [-0.25, -0.2) is 0 Å². The average Bonchev–Trinajstić information content (AvgIpc) is 3.24. The summed E-state index contributed by atoms with van der Waals surface area (Å²) in [6, 6.07) is 12.3. The topological polar surface area (TPSA) is 81.4 Å². The Labute approximate surface area is 163 Å². The molecule has 0 saturated heterocycles. The Morgan fingerprint density at radius 1 is 1.19 bits per heavy atom. The molecule has 0 bridgehead atoms. The summed E-state index contributed by atoms with van der Waals surface area (Å²) < 4.78 is 6.94. The highest BCUT2D eigenvalue weighted by atomic mass is 35.5. The van der Waals surface area contributed by atoms with Crippen LogP contribution in [0.3, 0.4) is 0 Å². The number of carbonyl (C=O) groups is 1. The summed E-state index contributed by atoms with van der Waals surface area (Å²) in [6.45, 7) is 1.85. The van der Waals surface area contributed by atoms with Crippen molar-refractivity contribution in [2.24, 2.45) is 0 Å². The average molecular weight is 400 g/mol. The molecule has 2 aromatic heterocycles. The molecule has 4 aromatic rings. The van der Waals surface area contributed by atoms with Gasteiger partial charge in [-0.05, 0) is 49.4 Å². The smallest absolute Gasteiger partial charge is 0.259 e. The highest BCUT2D eigenvalue weighted by Crippen LogP contribution is 2.27. The van der Waals surface area contributed by atoms with Gasteiger partial charge in [0, 0.05) is 16.3 Å². The summed E-state index contributed by atoms with van der Waals surface area (Å²) in [5, 5.41) is 16.7. The second-order valence-electron chi connectivity index (χ2n) is 5.72. The van der Waals surface area contributed by atoms with Crippen LogP contribution < -0.4 is 10.1 Å². The van der Waals surface area contributed by atoms with Crippen LogP contribution in [0.5, 0.6) is 5.75 Å². The Balaban J connectivity index is 1.55. The summed E-state index contributed by atoms with van der Waals surface area (Å²) in [7, 11) is 1.51. The van der Waals surface area contributed by atoms with Crippen LogP contribution in [0.15, 0.2) is 42.5 Å². The summed E-state index contributed by atoms with van der Waals surface area (Å²) in [6.07, 6.45) is 0. The number of halogens is 1. The Hall–Kier alpha value is -2.97. The number of aromatic nitrogens is 4. The lowest BCUT2D eigenvalue weighted by atomic mass is 10.1. The van der Waals surface area contributed by atoms with Gasteiger partial charge in [0.05, 0.1) is 12.7 Å². The summed E-state index contributed by atoms with van der Waals surface area (Å²) >= 11 is 7.45. The Morgan fingerprint density at radius 2 is 1.96 bits per heavy atom. The number of ether oxygens (including phenoxy) is 1. The fourth-order valence-corrected chi connectivity index (χ4v) is 3.65. The highest BCUT2D eigenvalue weighted by molar-refractivity contribution is 7.19. The van der Waals surface area contributed by atoms with E-state index in [0.717, 1.165) is 21.4 Å². The summed E-state index contributed by atoms with van der Waals surface area (Å²) in [4.78, 5) is 13.3. The molecular formula is C18H14ClN5O2S. The maximum atomic E-state index is 12.5. The van der Waals surface area contributed by atoms with E-state index < -0.39 is 0 Å². The number of methoxy groups -OCH3 is 1. The lowest BCUT2D eigenvalue weighted by Crippen LogP contribution is -2.13. The second-order valence-corrected chi connectivity index (χ2v) is 7.12. The van der Waals surface area contributed by atoms with Crippen LogP contribution in [0.4, 0.5) is 5.69 Å². The van der Waals surface area contributed by atoms with Crippen molar-refractivity contribution < 1.29 is 9.53 Å². The van der Waals surface area contributed by atoms with E-state index in [4.69, 9.17) is 16.3 Å². The van der Waals surface area contributed by atoms with E-state index in [1.807, 2.05) is 31.2 Å². The second kappa shape index (κ2) is 6.98. The van der Waals surface area contributed by atoms with Gasteiger partial charge < -0.3 is 10.1 Å². The molecule has 1 N–H and O–H groups in total. The van der Waals surface area contributed by atoms with Crippen LogP contribution in [0.2, 0.25) is 5.02 Å². The minimum Gasteiger partial charge on any atom is -0.496 e. The lowest BCUT2D eigenvalue weighted by molar-refractivity contribution is 0.102. The van der Waals surface area contributed by atoms with Crippen molar-refractivity contribution in [3.8, 4) is 16.3 Å². The number of carbonyl (C=O) groups excluding carboxylic acids is 1. The molecule has 27 heavy (non-hydrogen) atoms. The van der Waals surface area contributed by atoms with Crippen LogP contribution in [-0.2, 0) is 0 Å². The number of anilines is 1. The zero-order valence-electron chi connectivity index (χ0n) is 14.4. The van der Waals surface area contributed by atoms with E-state index in [0.29, 0.717) is 22.0 Å². The van der Waals surface area contributed by atoms with Gasteiger partial charge in [0.15, 0.2) is 5.82 Å². The standard InChI is InChI=1S/C18H14ClN5O2S/c1-10-21-22-18-24(10)23-17(27-18)11-3-6-13(7-4-11)20-16(25)14-9-12(19)5-8-15(14)26-2/h3-9H,1-2H3,(H,20,25). The number of amides is 1. The molecule has 0 fully saturated rings. The number of aryl methyl sites for hydroxylation is 1. The van der Waals surface area contributed by atoms with Crippen LogP contribution in [-0.4, -0.2) is 32.8 Å². The minimum absolute atomic E-state index is 0.295. The van der Waals surface area contributed by atoms with Crippen molar-refractivity contribution in [1.82, 2.24) is 19.8 Å². The van der Waals surface area contributed by atoms with Gasteiger partial charge >= 0.3 is 0 Å². The maximum absolute atomic E-state index is 12.5. The Morgan fingerprint density at radius 3 is 2.67 bits per heavy atom. The first-order valence-electron chi connectivity index (χ1n) is 7.99. The molecule has 0 radical (unpaired) electrons. The molecule has 136 valence electrons. The van der Waals surface area contributed by atoms with Gasteiger partial charge in [0.2, 0.25) is 4.96 Å². The van der Waals surface area contributed by atoms with Gasteiger partial charge in [0.1, 0.15) is 10.8 Å². The molecule has 2 aromatic carbocycles. The van der Waals surface area contributed by atoms with E-state index >= 15 is 0 Å². The molecule has 0 atom stereocenters. The maximum Gasteiger partial charge on any atom is 0.259 e. The first-order chi connectivity index (χ1) is 13.0. The fraction of sp³-hybridized carbons (Fsp3) is 0.111. The molecule has 0 aliphatic heterocycles. The normalized spacial score (nSPS) is 10.9. The molecule has 0 spiro atoms. The van der Waals surface area contributed by atoms with Crippen LogP contribution >= 0.6 is 22.9 Å². The molecule has 0 unspecified atom stereocenters. The molecular weight excluding hydrogens is 386 g/mol. The van der Waals surface area contributed by atoms with Crippen molar-refractivity contribution in [2.75, 3.05) is 12.4 Å². The predicted octanol–water partition coefficient (Wildman–Crippen LogP) is 4.08. The SMILES string of the molecule is COc1ccc(Cl)cc1C(=O)Nc1ccc(-c2nn3c(C)nnc3s2)cc1. The van der Waals surface area contributed by atoms with Crippen molar-refractivity contribution in [3.05, 3.63) is 58.9 Å². The Bertz CT molecular complexity index is 1140. The lowest BCUT2D eigenvalue weighted by Gasteiger charge is -2.10. The predicted molar refractivity (Wildman–Crippen MR) is 105 cm³/mol. The first-order valence-corrected chi connectivity index (χ1v) is 9.19. The number of fused-ring (bicyclic) bond motifs is 1. The minimum atomic E-state index is -0.295. The first kappa shape index (κ1) is 17.4. The van der Waals surface area contributed by atoms with Gasteiger partial charge in [-0.1, -0.05) is 22.9 Å². The van der Waals surface area contributed by atoms with Gasteiger partial charge in [-0.15, -0.1) is 10.2 Å². The Kier molecular flexibility index (Phi) is 4.51. The van der Waals surface area contributed by atoms with Crippen molar-refractivity contribution >= 4 is 39.5 Å². The molecule has 0 aliphatic carbocycles. The highest BCUT2D eigenvalue weighted by Gasteiger charge is 2.14. The van der Waals surface area contributed by atoms with Crippen LogP contribution in [0, 0.1) is 6.92 Å². The van der Waals surface area contributed by atoms with E-state index in [2.05, 4.69) is 20.6 Å². The summed E-state index contributed by atoms with van der Waals surface area (Å²) in [5.74, 6) is 0.909. The van der Waals surface area contributed by atoms with E-state index in [9.17, 15) is 4.79 Å². The summed E-state index contributed by atoms with van der Waals surface area (Å²) in [5.41, 5.74) is 1.96.